The van der Waals surface area contributed by atoms with E-state index < -0.39 is 0 Å². The number of carbonyl (C=O) groups is 2. The molecule has 0 aliphatic carbocycles. The normalized spacial score (nSPS) is 21.3. The third-order valence-electron chi connectivity index (χ3n) is 5.31. The molecule has 1 aromatic heterocycles. The zero-order valence-corrected chi connectivity index (χ0v) is 17.5. The van der Waals surface area contributed by atoms with Crippen LogP contribution in [0, 0.1) is 11.3 Å². The lowest BCUT2D eigenvalue weighted by Gasteiger charge is -2.43. The lowest BCUT2D eigenvalue weighted by Crippen LogP contribution is -2.50. The highest BCUT2D eigenvalue weighted by molar-refractivity contribution is 5.89. The average molecular weight is 389 g/mol. The van der Waals surface area contributed by atoms with Crippen molar-refractivity contribution in [1.82, 2.24) is 14.8 Å². The van der Waals surface area contributed by atoms with Gasteiger partial charge in [0, 0.05) is 43.7 Å². The van der Waals surface area contributed by atoms with E-state index in [4.69, 9.17) is 0 Å². The van der Waals surface area contributed by atoms with Crippen LogP contribution in [0.3, 0.4) is 0 Å². The van der Waals surface area contributed by atoms with Crippen LogP contribution in [0.1, 0.15) is 59.1 Å². The molecule has 3 rings (SSSR count). The first-order valence-corrected chi connectivity index (χ1v) is 10.1. The van der Waals surface area contributed by atoms with Gasteiger partial charge in [-0.15, -0.1) is 0 Å². The second-order valence-electron chi connectivity index (χ2n) is 9.68. The number of fused-ring (bicyclic) bond motifs is 4. The molecule has 7 nitrogen and oxygen atoms in total. The van der Waals surface area contributed by atoms with Crippen molar-refractivity contribution in [2.75, 3.05) is 18.4 Å². The van der Waals surface area contributed by atoms with Crippen LogP contribution < -0.4 is 16.2 Å². The Kier molecular flexibility index (Phi) is 5.55. The summed E-state index contributed by atoms with van der Waals surface area (Å²) in [6, 6.07) is 3.23. The Hall–Kier alpha value is -2.31. The molecule has 0 aromatic carbocycles. The van der Waals surface area contributed by atoms with E-state index in [0.29, 0.717) is 31.7 Å². The molecule has 2 N–H and O–H groups in total. The van der Waals surface area contributed by atoms with Gasteiger partial charge in [0.1, 0.15) is 5.69 Å². The molecule has 0 radical (unpaired) electrons. The number of hydrogen-bond donors (Lipinski definition) is 2. The Morgan fingerprint density at radius 3 is 2.54 bits per heavy atom. The molecule has 7 heteroatoms. The molecule has 3 heterocycles. The van der Waals surface area contributed by atoms with Crippen molar-refractivity contribution in [1.29, 1.82) is 0 Å². The number of likely N-dealkylation sites (tertiary alicyclic amines) is 1. The fraction of sp³-hybridized carbons (Fsp3) is 0.667. The smallest absolute Gasteiger partial charge is 0.319 e. The van der Waals surface area contributed by atoms with Crippen molar-refractivity contribution < 1.29 is 9.59 Å². The maximum Gasteiger partial charge on any atom is 0.319 e. The van der Waals surface area contributed by atoms with Gasteiger partial charge >= 0.3 is 6.03 Å². The molecule has 1 fully saturated rings. The van der Waals surface area contributed by atoms with Gasteiger partial charge in [-0.25, -0.2) is 4.79 Å². The third-order valence-corrected chi connectivity index (χ3v) is 5.31. The van der Waals surface area contributed by atoms with Crippen LogP contribution in [0.2, 0.25) is 0 Å². The molecule has 2 unspecified atom stereocenters. The summed E-state index contributed by atoms with van der Waals surface area (Å²) in [5, 5.41) is 5.40. The highest BCUT2D eigenvalue weighted by Gasteiger charge is 2.37. The van der Waals surface area contributed by atoms with Crippen molar-refractivity contribution in [3.05, 3.63) is 28.2 Å². The van der Waals surface area contributed by atoms with Gasteiger partial charge in [0.15, 0.2) is 0 Å². The summed E-state index contributed by atoms with van der Waals surface area (Å²) in [5.74, 6) is 0.636. The monoisotopic (exact) mass is 388 g/mol. The summed E-state index contributed by atoms with van der Waals surface area (Å²) < 4.78 is 1.79. The van der Waals surface area contributed by atoms with Crippen molar-refractivity contribution in [2.24, 2.45) is 11.3 Å². The third kappa shape index (κ3) is 4.56. The Balaban J connectivity index is 1.78. The van der Waals surface area contributed by atoms with E-state index in [2.05, 4.69) is 31.4 Å². The van der Waals surface area contributed by atoms with E-state index in [1.807, 2.05) is 24.8 Å². The first-order valence-electron chi connectivity index (χ1n) is 10.1. The van der Waals surface area contributed by atoms with Crippen LogP contribution in [0.4, 0.5) is 10.5 Å². The van der Waals surface area contributed by atoms with E-state index >= 15 is 0 Å². The number of amides is 3. The highest BCUT2D eigenvalue weighted by atomic mass is 16.2. The molecule has 2 aliphatic heterocycles. The SMILES string of the molecule is CC(C)NC(=O)Nc1ccc2n(c1=O)CC1CC2CN(C(=O)CC(C)(C)C)C1. The number of anilines is 1. The van der Waals surface area contributed by atoms with Crippen molar-refractivity contribution >= 4 is 17.6 Å². The average Bonchev–Trinajstić information content (AvgIpc) is 2.55. The minimum Gasteiger partial charge on any atom is -0.342 e. The standard InChI is InChI=1S/C21H32N4O3/c1-13(2)22-20(28)23-16-6-7-17-15-8-14(11-25(17)19(16)27)10-24(12-15)18(26)9-21(3,4)5/h6-7,13-15H,8-12H2,1-5H3,(H2,22,23,28). The molecule has 1 aromatic rings. The predicted molar refractivity (Wildman–Crippen MR) is 109 cm³/mol. The van der Waals surface area contributed by atoms with Gasteiger partial charge in [0.2, 0.25) is 5.91 Å². The van der Waals surface area contributed by atoms with Crippen LogP contribution in [-0.4, -0.2) is 40.5 Å². The van der Waals surface area contributed by atoms with E-state index in [9.17, 15) is 14.4 Å². The lowest BCUT2D eigenvalue weighted by molar-refractivity contribution is -0.135. The van der Waals surface area contributed by atoms with Gasteiger partial charge in [0.05, 0.1) is 0 Å². The topological polar surface area (TPSA) is 83.4 Å². The van der Waals surface area contributed by atoms with Crippen molar-refractivity contribution in [3.63, 3.8) is 0 Å². The number of carbonyl (C=O) groups excluding carboxylic acids is 2. The quantitative estimate of drug-likeness (QED) is 0.835. The molecule has 1 saturated heterocycles. The minimum atomic E-state index is -0.373. The predicted octanol–water partition coefficient (Wildman–Crippen LogP) is 2.76. The van der Waals surface area contributed by atoms with Crippen LogP contribution in [0.5, 0.6) is 0 Å². The molecular weight excluding hydrogens is 356 g/mol. The number of nitrogens with zero attached hydrogens (tertiary/aromatic N) is 2. The van der Waals surface area contributed by atoms with Gasteiger partial charge in [-0.05, 0) is 43.7 Å². The second kappa shape index (κ2) is 7.60. The Morgan fingerprint density at radius 2 is 1.89 bits per heavy atom. The number of urea groups is 1. The summed E-state index contributed by atoms with van der Waals surface area (Å²) >= 11 is 0. The molecule has 2 atom stereocenters. The maximum absolute atomic E-state index is 12.9. The molecular formula is C21H32N4O3. The Bertz CT molecular complexity index is 822. The molecule has 3 amide bonds. The lowest BCUT2D eigenvalue weighted by atomic mass is 9.82. The van der Waals surface area contributed by atoms with Gasteiger partial charge < -0.3 is 20.1 Å². The van der Waals surface area contributed by atoms with Crippen LogP contribution in [-0.2, 0) is 11.3 Å². The molecule has 2 bridgehead atoms. The van der Waals surface area contributed by atoms with Crippen LogP contribution >= 0.6 is 0 Å². The summed E-state index contributed by atoms with van der Waals surface area (Å²) in [7, 11) is 0. The van der Waals surface area contributed by atoms with Crippen molar-refractivity contribution in [3.8, 4) is 0 Å². The molecule has 0 spiro atoms. The second-order valence-corrected chi connectivity index (χ2v) is 9.68. The van der Waals surface area contributed by atoms with Crippen LogP contribution in [0.15, 0.2) is 16.9 Å². The zero-order valence-electron chi connectivity index (χ0n) is 17.5. The van der Waals surface area contributed by atoms with Crippen molar-refractivity contribution in [2.45, 2.75) is 66.0 Å². The van der Waals surface area contributed by atoms with Gasteiger partial charge in [-0.1, -0.05) is 20.8 Å². The summed E-state index contributed by atoms with van der Waals surface area (Å²) in [5.41, 5.74) is 1.06. The molecule has 2 aliphatic rings. The first-order chi connectivity index (χ1) is 13.0. The molecule has 28 heavy (non-hydrogen) atoms. The highest BCUT2D eigenvalue weighted by Crippen LogP contribution is 2.36. The number of piperidine rings is 1. The Morgan fingerprint density at radius 1 is 1.18 bits per heavy atom. The fourth-order valence-electron chi connectivity index (χ4n) is 4.23. The number of aromatic nitrogens is 1. The fourth-order valence-corrected chi connectivity index (χ4v) is 4.23. The molecule has 154 valence electrons. The zero-order chi connectivity index (χ0) is 20.6. The number of rotatable bonds is 3. The van der Waals surface area contributed by atoms with E-state index in [1.54, 1.807) is 10.6 Å². The minimum absolute atomic E-state index is 0.00337. The number of nitrogens with one attached hydrogen (secondary N) is 2. The number of pyridine rings is 1. The Labute approximate surface area is 166 Å². The first kappa shape index (κ1) is 20.4. The van der Waals surface area contributed by atoms with E-state index in [0.717, 1.165) is 12.1 Å². The summed E-state index contributed by atoms with van der Waals surface area (Å²) in [4.78, 5) is 39.5. The summed E-state index contributed by atoms with van der Waals surface area (Å²) in [6.45, 7) is 11.9. The van der Waals surface area contributed by atoms with Gasteiger partial charge in [-0.3, -0.25) is 9.59 Å². The summed E-state index contributed by atoms with van der Waals surface area (Å²) in [6.07, 6.45) is 1.53. The number of hydrogen-bond acceptors (Lipinski definition) is 3. The van der Waals surface area contributed by atoms with Gasteiger partial charge in [-0.2, -0.15) is 0 Å². The van der Waals surface area contributed by atoms with E-state index in [1.165, 1.54) is 0 Å². The maximum atomic E-state index is 12.9. The van der Waals surface area contributed by atoms with Crippen LogP contribution in [0.25, 0.3) is 0 Å². The van der Waals surface area contributed by atoms with E-state index in [-0.39, 0.29) is 40.8 Å². The van der Waals surface area contributed by atoms with Gasteiger partial charge in [0.25, 0.3) is 5.56 Å². The largest absolute Gasteiger partial charge is 0.342 e. The molecule has 0 saturated carbocycles.